The van der Waals surface area contributed by atoms with Crippen molar-refractivity contribution in [1.82, 2.24) is 10.2 Å². The average Bonchev–Trinajstić information content (AvgIpc) is 2.72. The number of thioether (sulfide) groups is 1. The van der Waals surface area contributed by atoms with Crippen LogP contribution in [0.5, 0.6) is 0 Å². The van der Waals surface area contributed by atoms with Gasteiger partial charge in [-0.05, 0) is 44.1 Å². The Kier molecular flexibility index (Phi) is 8.33. The number of halogens is 3. The molecule has 0 bridgehead atoms. The third-order valence-corrected chi connectivity index (χ3v) is 6.50. The summed E-state index contributed by atoms with van der Waals surface area (Å²) >= 11 is 7.56. The number of hydrogen-bond acceptors (Lipinski definition) is 3. The van der Waals surface area contributed by atoms with Crippen molar-refractivity contribution in [2.24, 2.45) is 5.92 Å². The Morgan fingerprint density at radius 1 is 1.10 bits per heavy atom. The first-order valence-corrected chi connectivity index (χ1v) is 11.3. The molecule has 156 valence electrons. The second-order valence-corrected chi connectivity index (χ2v) is 8.70. The third-order valence-electron chi connectivity index (χ3n) is 5.16. The summed E-state index contributed by atoms with van der Waals surface area (Å²) in [6.07, 6.45) is 1.55. The van der Waals surface area contributed by atoms with E-state index in [4.69, 9.17) is 11.6 Å². The van der Waals surface area contributed by atoms with Gasteiger partial charge < -0.3 is 5.32 Å². The minimum Gasteiger partial charge on any atom is -0.355 e. The topological polar surface area (TPSA) is 32.3 Å². The van der Waals surface area contributed by atoms with Crippen LogP contribution in [0.15, 0.2) is 42.5 Å². The van der Waals surface area contributed by atoms with Crippen LogP contribution in [-0.4, -0.2) is 36.2 Å². The number of carbonyl (C=O) groups excluding carboxylic acids is 1. The van der Waals surface area contributed by atoms with E-state index in [0.717, 1.165) is 25.9 Å². The number of nitrogens with zero attached hydrogens (tertiary/aromatic N) is 1. The van der Waals surface area contributed by atoms with Crippen molar-refractivity contribution in [2.45, 2.75) is 25.1 Å². The highest BCUT2D eigenvalue weighted by Gasteiger charge is 2.25. The Morgan fingerprint density at radius 2 is 1.83 bits per heavy atom. The summed E-state index contributed by atoms with van der Waals surface area (Å²) < 4.78 is 27.5. The summed E-state index contributed by atoms with van der Waals surface area (Å²) in [5.74, 6) is 0.772. The number of carbonyl (C=O) groups is 1. The monoisotopic (exact) mass is 438 g/mol. The lowest BCUT2D eigenvalue weighted by Crippen LogP contribution is -2.40. The van der Waals surface area contributed by atoms with Gasteiger partial charge in [-0.1, -0.05) is 35.9 Å². The molecule has 0 aromatic heterocycles. The fourth-order valence-electron chi connectivity index (χ4n) is 3.46. The molecule has 0 spiro atoms. The summed E-state index contributed by atoms with van der Waals surface area (Å²) in [5, 5.41) is 3.41. The molecule has 7 heteroatoms. The first kappa shape index (κ1) is 22.1. The number of hydrogen-bond donors (Lipinski definition) is 1. The molecule has 3 nitrogen and oxygen atoms in total. The van der Waals surface area contributed by atoms with E-state index in [1.54, 1.807) is 36.0 Å². The van der Waals surface area contributed by atoms with Gasteiger partial charge in [0.1, 0.15) is 11.6 Å². The Labute approximate surface area is 179 Å². The standard InChI is InChI=1S/C22H25ClF2N2OS/c23-19-5-3-7-21(25)18(19)15-29-13-10-26-22(28)16-8-11-27(12-9-16)14-17-4-1-2-6-20(17)24/h1-7,16H,8-15H2,(H,26,28). The Bertz CT molecular complexity index is 808. The lowest BCUT2D eigenvalue weighted by Gasteiger charge is -2.31. The second-order valence-electron chi connectivity index (χ2n) is 7.19. The van der Waals surface area contributed by atoms with Crippen LogP contribution in [0.25, 0.3) is 0 Å². The van der Waals surface area contributed by atoms with Crippen LogP contribution in [0.2, 0.25) is 5.02 Å². The van der Waals surface area contributed by atoms with Crippen LogP contribution in [0, 0.1) is 17.6 Å². The van der Waals surface area contributed by atoms with E-state index in [9.17, 15) is 13.6 Å². The maximum absolute atomic E-state index is 13.8. The third kappa shape index (κ3) is 6.43. The molecule has 1 N–H and O–H groups in total. The summed E-state index contributed by atoms with van der Waals surface area (Å²) in [6, 6.07) is 11.5. The fraction of sp³-hybridized carbons (Fsp3) is 0.409. The van der Waals surface area contributed by atoms with Crippen LogP contribution in [-0.2, 0) is 17.1 Å². The molecule has 1 amide bonds. The van der Waals surface area contributed by atoms with Gasteiger partial charge in [-0.25, -0.2) is 8.78 Å². The van der Waals surface area contributed by atoms with Crippen molar-refractivity contribution < 1.29 is 13.6 Å². The van der Waals surface area contributed by atoms with E-state index in [1.165, 1.54) is 12.1 Å². The van der Waals surface area contributed by atoms with E-state index < -0.39 is 0 Å². The molecule has 1 aliphatic heterocycles. The summed E-state index contributed by atoms with van der Waals surface area (Å²) in [5.41, 5.74) is 1.20. The molecule has 0 saturated carbocycles. The average molecular weight is 439 g/mol. The van der Waals surface area contributed by atoms with Crippen molar-refractivity contribution in [1.29, 1.82) is 0 Å². The molecule has 2 aromatic carbocycles. The molecule has 0 atom stereocenters. The zero-order valence-electron chi connectivity index (χ0n) is 16.2. The number of benzene rings is 2. The van der Waals surface area contributed by atoms with Gasteiger partial charge in [0.25, 0.3) is 0 Å². The summed E-state index contributed by atoms with van der Waals surface area (Å²) in [6.45, 7) is 2.70. The molecule has 3 rings (SSSR count). The minimum absolute atomic E-state index is 0.00196. The molecule has 29 heavy (non-hydrogen) atoms. The van der Waals surface area contributed by atoms with Crippen molar-refractivity contribution in [3.05, 3.63) is 70.2 Å². The number of likely N-dealkylation sites (tertiary alicyclic amines) is 1. The molecular formula is C22H25ClF2N2OS. The van der Waals surface area contributed by atoms with Crippen LogP contribution in [0.3, 0.4) is 0 Å². The smallest absolute Gasteiger partial charge is 0.223 e. The van der Waals surface area contributed by atoms with E-state index in [0.29, 0.717) is 40.7 Å². The predicted molar refractivity (Wildman–Crippen MR) is 115 cm³/mol. The molecule has 0 unspecified atom stereocenters. The molecule has 0 radical (unpaired) electrons. The van der Waals surface area contributed by atoms with Crippen LogP contribution < -0.4 is 5.32 Å². The summed E-state index contributed by atoms with van der Waals surface area (Å²) in [7, 11) is 0. The van der Waals surface area contributed by atoms with Crippen molar-refractivity contribution >= 4 is 29.3 Å². The molecule has 1 heterocycles. The zero-order valence-corrected chi connectivity index (χ0v) is 17.7. The molecule has 1 saturated heterocycles. The van der Waals surface area contributed by atoms with E-state index in [1.807, 2.05) is 6.07 Å². The minimum atomic E-state index is -0.295. The van der Waals surface area contributed by atoms with E-state index in [-0.39, 0.29) is 23.5 Å². The van der Waals surface area contributed by atoms with Gasteiger partial charge in [0.05, 0.1) is 0 Å². The lowest BCUT2D eigenvalue weighted by atomic mass is 9.95. The quantitative estimate of drug-likeness (QED) is 0.596. The molecular weight excluding hydrogens is 414 g/mol. The largest absolute Gasteiger partial charge is 0.355 e. The predicted octanol–water partition coefficient (Wildman–Crippen LogP) is 4.88. The first-order valence-electron chi connectivity index (χ1n) is 9.78. The van der Waals surface area contributed by atoms with Gasteiger partial charge in [0.15, 0.2) is 0 Å². The fourth-order valence-corrected chi connectivity index (χ4v) is 4.65. The summed E-state index contributed by atoms with van der Waals surface area (Å²) in [4.78, 5) is 14.6. The van der Waals surface area contributed by atoms with E-state index >= 15 is 0 Å². The van der Waals surface area contributed by atoms with Gasteiger partial charge in [0, 0.05) is 46.7 Å². The van der Waals surface area contributed by atoms with Crippen LogP contribution in [0.4, 0.5) is 8.78 Å². The highest BCUT2D eigenvalue weighted by atomic mass is 35.5. The Morgan fingerprint density at radius 3 is 2.55 bits per heavy atom. The van der Waals surface area contributed by atoms with Gasteiger partial charge in [-0.2, -0.15) is 11.8 Å². The van der Waals surface area contributed by atoms with E-state index in [2.05, 4.69) is 10.2 Å². The van der Waals surface area contributed by atoms with Crippen molar-refractivity contribution in [2.75, 3.05) is 25.4 Å². The Hall–Kier alpha value is -1.63. The van der Waals surface area contributed by atoms with Crippen LogP contribution in [0.1, 0.15) is 24.0 Å². The lowest BCUT2D eigenvalue weighted by molar-refractivity contribution is -0.126. The second kappa shape index (κ2) is 11.0. The number of piperidine rings is 1. The van der Waals surface area contributed by atoms with Gasteiger partial charge in [-0.15, -0.1) is 0 Å². The molecule has 1 fully saturated rings. The normalized spacial score (nSPS) is 15.4. The number of nitrogens with one attached hydrogen (secondary N) is 1. The SMILES string of the molecule is O=C(NCCSCc1c(F)cccc1Cl)C1CCN(Cc2ccccc2F)CC1. The van der Waals surface area contributed by atoms with Crippen LogP contribution >= 0.6 is 23.4 Å². The first-order chi connectivity index (χ1) is 14.0. The molecule has 0 aliphatic carbocycles. The van der Waals surface area contributed by atoms with Crippen molar-refractivity contribution in [3.63, 3.8) is 0 Å². The molecule has 2 aromatic rings. The zero-order chi connectivity index (χ0) is 20.6. The Balaban J connectivity index is 1.33. The number of amides is 1. The van der Waals surface area contributed by atoms with Gasteiger partial charge in [-0.3, -0.25) is 9.69 Å². The maximum Gasteiger partial charge on any atom is 0.223 e. The maximum atomic E-state index is 13.8. The van der Waals surface area contributed by atoms with Gasteiger partial charge >= 0.3 is 0 Å². The molecule has 1 aliphatic rings. The van der Waals surface area contributed by atoms with Crippen molar-refractivity contribution in [3.8, 4) is 0 Å². The van der Waals surface area contributed by atoms with Gasteiger partial charge in [0.2, 0.25) is 5.91 Å². The highest BCUT2D eigenvalue weighted by Crippen LogP contribution is 2.24. The highest BCUT2D eigenvalue weighted by molar-refractivity contribution is 7.98. The number of rotatable bonds is 8.